The van der Waals surface area contributed by atoms with Gasteiger partial charge in [0.05, 0.1) is 24.9 Å². The minimum atomic E-state index is -0.747. The number of ether oxygens (including phenoxy) is 2. The van der Waals surface area contributed by atoms with Crippen molar-refractivity contribution in [1.29, 1.82) is 0 Å². The van der Waals surface area contributed by atoms with E-state index in [1.165, 1.54) is 0 Å². The van der Waals surface area contributed by atoms with Crippen molar-refractivity contribution in [1.82, 2.24) is 0 Å². The zero-order chi connectivity index (χ0) is 13.5. The molecule has 1 rings (SSSR count). The highest BCUT2D eigenvalue weighted by Crippen LogP contribution is 2.30. The number of rotatable bonds is 7. The van der Waals surface area contributed by atoms with E-state index in [2.05, 4.69) is 0 Å². The highest BCUT2D eigenvalue weighted by atomic mass is 16.5. The predicted octanol–water partition coefficient (Wildman–Crippen LogP) is 0.519. The maximum atomic E-state index is 11.5. The lowest BCUT2D eigenvalue weighted by Gasteiger charge is -2.36. The monoisotopic (exact) mass is 260 g/mol. The Kier molecular flexibility index (Phi) is 6.78. The van der Waals surface area contributed by atoms with Gasteiger partial charge in [0.1, 0.15) is 5.78 Å². The topological polar surface area (TPSA) is 76.0 Å². The minimum absolute atomic E-state index is 0.0255. The number of carbonyl (C=O) groups excluding carboxylic acids is 1. The Bertz CT molecular complexity index is 256. The molecule has 0 radical (unpaired) electrons. The number of hydrogen-bond acceptors (Lipinski definition) is 5. The fourth-order valence-electron chi connectivity index (χ4n) is 2.46. The summed E-state index contributed by atoms with van der Waals surface area (Å²) in [6.45, 7) is 0.440. The molecule has 5 heteroatoms. The van der Waals surface area contributed by atoms with E-state index in [0.29, 0.717) is 38.7 Å². The first kappa shape index (κ1) is 15.6. The van der Waals surface area contributed by atoms with Crippen LogP contribution in [0, 0.1) is 5.92 Å². The van der Waals surface area contributed by atoms with Gasteiger partial charge in [-0.1, -0.05) is 0 Å². The molecule has 1 aliphatic carbocycles. The molecular formula is C13H24O5. The molecule has 1 aliphatic rings. The van der Waals surface area contributed by atoms with E-state index in [1.807, 2.05) is 0 Å². The Labute approximate surface area is 108 Å². The van der Waals surface area contributed by atoms with Crippen LogP contribution in [0.25, 0.3) is 0 Å². The van der Waals surface area contributed by atoms with Crippen molar-refractivity contribution < 1.29 is 24.5 Å². The molecule has 0 aromatic rings. The summed E-state index contributed by atoms with van der Waals surface area (Å²) in [6, 6.07) is 0. The van der Waals surface area contributed by atoms with Crippen molar-refractivity contribution in [3.05, 3.63) is 0 Å². The first-order valence-electron chi connectivity index (χ1n) is 6.48. The molecule has 0 aliphatic heterocycles. The predicted molar refractivity (Wildman–Crippen MR) is 66.3 cm³/mol. The summed E-state index contributed by atoms with van der Waals surface area (Å²) in [5.74, 6) is 0.0725. The minimum Gasteiger partial charge on any atom is -0.390 e. The van der Waals surface area contributed by atoms with Gasteiger partial charge in [-0.05, 0) is 18.8 Å². The Morgan fingerprint density at radius 2 is 1.94 bits per heavy atom. The third kappa shape index (κ3) is 4.65. The van der Waals surface area contributed by atoms with Crippen molar-refractivity contribution >= 4 is 5.78 Å². The summed E-state index contributed by atoms with van der Waals surface area (Å²) in [5.41, 5.74) is 0. The number of methoxy groups -OCH3 is 2. The van der Waals surface area contributed by atoms with Crippen LogP contribution in [-0.2, 0) is 14.3 Å². The molecule has 18 heavy (non-hydrogen) atoms. The molecule has 2 unspecified atom stereocenters. The number of hydrogen-bond donors (Lipinski definition) is 2. The Balaban J connectivity index is 2.37. The summed E-state index contributed by atoms with van der Waals surface area (Å²) in [5, 5.41) is 19.6. The van der Waals surface area contributed by atoms with Gasteiger partial charge in [-0.25, -0.2) is 0 Å². The largest absolute Gasteiger partial charge is 0.390 e. The van der Waals surface area contributed by atoms with E-state index in [1.54, 1.807) is 14.2 Å². The van der Waals surface area contributed by atoms with Crippen molar-refractivity contribution in [2.45, 2.75) is 50.4 Å². The molecule has 5 nitrogen and oxygen atoms in total. The van der Waals surface area contributed by atoms with Crippen molar-refractivity contribution in [3.63, 3.8) is 0 Å². The molecule has 2 N–H and O–H groups in total. The van der Waals surface area contributed by atoms with E-state index >= 15 is 0 Å². The van der Waals surface area contributed by atoms with Crippen LogP contribution in [0.4, 0.5) is 0 Å². The smallest absolute Gasteiger partial charge is 0.135 e. The normalized spacial score (nSPS) is 32.4. The van der Waals surface area contributed by atoms with Gasteiger partial charge in [-0.3, -0.25) is 4.79 Å². The second-order valence-corrected chi connectivity index (χ2v) is 4.97. The van der Waals surface area contributed by atoms with E-state index in [0.717, 1.165) is 0 Å². The third-order valence-corrected chi connectivity index (χ3v) is 3.66. The van der Waals surface area contributed by atoms with Crippen LogP contribution in [-0.4, -0.2) is 55.1 Å². The molecule has 0 saturated heterocycles. The number of Topliss-reactive ketones (excluding diaryl/α,β-unsaturated/α-hetero) is 1. The van der Waals surface area contributed by atoms with Gasteiger partial charge < -0.3 is 19.7 Å². The third-order valence-electron chi connectivity index (χ3n) is 3.66. The molecule has 1 saturated carbocycles. The fourth-order valence-corrected chi connectivity index (χ4v) is 2.46. The molecule has 1 fully saturated rings. The Morgan fingerprint density at radius 3 is 2.56 bits per heavy atom. The highest BCUT2D eigenvalue weighted by Gasteiger charge is 2.35. The van der Waals surface area contributed by atoms with Crippen LogP contribution in [0.15, 0.2) is 0 Å². The molecular weight excluding hydrogens is 236 g/mol. The molecule has 0 spiro atoms. The summed E-state index contributed by atoms with van der Waals surface area (Å²) in [6.07, 6.45) is 1.08. The van der Waals surface area contributed by atoms with Crippen LogP contribution < -0.4 is 0 Å². The second-order valence-electron chi connectivity index (χ2n) is 4.97. The number of aliphatic hydroxyl groups is 2. The Morgan fingerprint density at radius 1 is 1.22 bits per heavy atom. The van der Waals surface area contributed by atoms with Gasteiger partial charge in [0.2, 0.25) is 0 Å². The zero-order valence-electron chi connectivity index (χ0n) is 11.2. The van der Waals surface area contributed by atoms with Crippen molar-refractivity contribution in [2.24, 2.45) is 5.92 Å². The van der Waals surface area contributed by atoms with Gasteiger partial charge in [0, 0.05) is 33.5 Å². The number of carbonyl (C=O) groups is 1. The van der Waals surface area contributed by atoms with Gasteiger partial charge in [0.15, 0.2) is 0 Å². The van der Waals surface area contributed by atoms with E-state index in [4.69, 9.17) is 9.47 Å². The van der Waals surface area contributed by atoms with Crippen LogP contribution >= 0.6 is 0 Å². The molecule has 106 valence electrons. The van der Waals surface area contributed by atoms with Gasteiger partial charge >= 0.3 is 0 Å². The number of ketones is 1. The maximum Gasteiger partial charge on any atom is 0.135 e. The van der Waals surface area contributed by atoms with Gasteiger partial charge in [-0.2, -0.15) is 0 Å². The van der Waals surface area contributed by atoms with Crippen LogP contribution in [0.5, 0.6) is 0 Å². The lowest BCUT2D eigenvalue weighted by molar-refractivity contribution is -0.122. The fraction of sp³-hybridized carbons (Fsp3) is 0.923. The lowest BCUT2D eigenvalue weighted by atomic mass is 9.80. The quantitative estimate of drug-likeness (QED) is 0.698. The summed E-state index contributed by atoms with van der Waals surface area (Å²) in [7, 11) is 3.17. The van der Waals surface area contributed by atoms with Gasteiger partial charge in [0.25, 0.3) is 0 Å². The van der Waals surface area contributed by atoms with Crippen molar-refractivity contribution in [2.75, 3.05) is 20.8 Å². The standard InChI is InChI=1S/C13H24O5/c1-17-6-5-10(14)4-3-9-7-11(18-2)8-12(15)13(9)16/h9,11-13,15-16H,3-8H2,1-2H3/t9?,11-,12-,13?/m1/s1. The van der Waals surface area contributed by atoms with Crippen LogP contribution in [0.1, 0.15) is 32.1 Å². The number of aliphatic hydroxyl groups excluding tert-OH is 2. The molecule has 0 heterocycles. The second kappa shape index (κ2) is 7.84. The maximum absolute atomic E-state index is 11.5. The van der Waals surface area contributed by atoms with E-state index in [9.17, 15) is 15.0 Å². The van der Waals surface area contributed by atoms with E-state index < -0.39 is 12.2 Å². The zero-order valence-corrected chi connectivity index (χ0v) is 11.2. The summed E-state index contributed by atoms with van der Waals surface area (Å²) >= 11 is 0. The highest BCUT2D eigenvalue weighted by molar-refractivity contribution is 5.78. The Hall–Kier alpha value is -0.490. The SMILES string of the molecule is COCCC(=O)CCC1C[C@@H](OC)C[C@@H](O)C1O. The van der Waals surface area contributed by atoms with Crippen molar-refractivity contribution in [3.8, 4) is 0 Å². The lowest BCUT2D eigenvalue weighted by Crippen LogP contribution is -2.43. The molecule has 0 aromatic carbocycles. The van der Waals surface area contributed by atoms with Crippen LogP contribution in [0.2, 0.25) is 0 Å². The first-order chi connectivity index (χ1) is 8.58. The molecule has 4 atom stereocenters. The summed E-state index contributed by atoms with van der Waals surface area (Å²) < 4.78 is 10.1. The van der Waals surface area contributed by atoms with Crippen LogP contribution in [0.3, 0.4) is 0 Å². The first-order valence-corrected chi connectivity index (χ1v) is 6.48. The molecule has 0 bridgehead atoms. The molecule has 0 amide bonds. The summed E-state index contributed by atoms with van der Waals surface area (Å²) in [4.78, 5) is 11.5. The van der Waals surface area contributed by atoms with E-state index in [-0.39, 0.29) is 17.8 Å². The average Bonchev–Trinajstić information content (AvgIpc) is 2.37. The molecule has 0 aromatic heterocycles. The van der Waals surface area contributed by atoms with Gasteiger partial charge in [-0.15, -0.1) is 0 Å². The average molecular weight is 260 g/mol.